The van der Waals surface area contributed by atoms with Gasteiger partial charge >= 0.3 is 0 Å². The van der Waals surface area contributed by atoms with Crippen molar-refractivity contribution in [2.45, 2.75) is 0 Å². The van der Waals surface area contributed by atoms with Crippen molar-refractivity contribution in [3.8, 4) is 22.3 Å². The van der Waals surface area contributed by atoms with Crippen molar-refractivity contribution >= 4 is 80.9 Å². The summed E-state index contributed by atoms with van der Waals surface area (Å²) in [5, 5.41) is 10.1. The van der Waals surface area contributed by atoms with Crippen LogP contribution in [-0.2, 0) is 0 Å². The Bertz CT molecular complexity index is 2880. The van der Waals surface area contributed by atoms with E-state index < -0.39 is 0 Å². The second kappa shape index (κ2) is 11.7. The molecule has 0 unspecified atom stereocenters. The predicted molar refractivity (Wildman–Crippen MR) is 217 cm³/mol. The van der Waals surface area contributed by atoms with Crippen molar-refractivity contribution < 1.29 is 0 Å². The average Bonchev–Trinajstić information content (AvgIpc) is 3.56. The number of anilines is 3. The number of nitrogens with zero attached hydrogens (tertiary/aromatic N) is 1. The molecule has 10 aromatic rings. The van der Waals surface area contributed by atoms with Crippen LogP contribution in [0.15, 0.2) is 188 Å². The fourth-order valence-corrected chi connectivity index (χ4v) is 8.88. The molecule has 1 heterocycles. The van der Waals surface area contributed by atoms with Crippen LogP contribution >= 0.6 is 11.3 Å². The molecule has 0 radical (unpaired) electrons. The third-order valence-corrected chi connectivity index (χ3v) is 11.2. The molecule has 0 atom stereocenters. The van der Waals surface area contributed by atoms with Gasteiger partial charge in [0.1, 0.15) is 0 Å². The first-order valence-corrected chi connectivity index (χ1v) is 17.9. The molecular weight excluding hydrogens is 623 g/mol. The summed E-state index contributed by atoms with van der Waals surface area (Å²) in [4.78, 5) is 2.46. The molecule has 1 nitrogen and oxygen atoms in total. The standard InChI is InChI=1S/C48H31NS/c1-2-17-35(18-3-1)49(44-25-12-16-32-14-4-7-20-37(32)44)45-26-13-24-38(34-28-29-47-42(30-34)41-23-10-11-27-46(41)50-47)48(45)43-31-33-15-5-6-19-36(33)39-21-8-9-22-40(39)43/h1-31H. The van der Waals surface area contributed by atoms with E-state index in [9.17, 15) is 0 Å². The highest BCUT2D eigenvalue weighted by atomic mass is 32.1. The lowest BCUT2D eigenvalue weighted by Crippen LogP contribution is -2.12. The summed E-state index contributed by atoms with van der Waals surface area (Å²) >= 11 is 1.86. The Kier molecular flexibility index (Phi) is 6.75. The Balaban J connectivity index is 1.35. The molecular formula is C48H31NS. The highest BCUT2D eigenvalue weighted by Crippen LogP contribution is 2.50. The molecule has 234 valence electrons. The maximum absolute atomic E-state index is 2.46. The average molecular weight is 654 g/mol. The zero-order valence-corrected chi connectivity index (χ0v) is 28.1. The topological polar surface area (TPSA) is 3.24 Å². The van der Waals surface area contributed by atoms with E-state index >= 15 is 0 Å². The van der Waals surface area contributed by atoms with Gasteiger partial charge in [-0.05, 0) is 92.2 Å². The fourth-order valence-electron chi connectivity index (χ4n) is 7.79. The molecule has 2 heteroatoms. The van der Waals surface area contributed by atoms with Crippen molar-refractivity contribution in [2.75, 3.05) is 4.90 Å². The van der Waals surface area contributed by atoms with E-state index in [1.54, 1.807) is 0 Å². The summed E-state index contributed by atoms with van der Waals surface area (Å²) in [6, 6.07) is 68.9. The molecule has 50 heavy (non-hydrogen) atoms. The van der Waals surface area contributed by atoms with Gasteiger partial charge in [-0.15, -0.1) is 11.3 Å². The van der Waals surface area contributed by atoms with Crippen LogP contribution in [0.5, 0.6) is 0 Å². The van der Waals surface area contributed by atoms with Crippen molar-refractivity contribution in [1.82, 2.24) is 0 Å². The van der Waals surface area contributed by atoms with Gasteiger partial charge in [0.2, 0.25) is 0 Å². The molecule has 0 saturated carbocycles. The van der Waals surface area contributed by atoms with Crippen LogP contribution in [0.1, 0.15) is 0 Å². The van der Waals surface area contributed by atoms with Crippen LogP contribution in [0, 0.1) is 0 Å². The maximum atomic E-state index is 2.46. The number of para-hydroxylation sites is 1. The summed E-state index contributed by atoms with van der Waals surface area (Å²) in [5.41, 5.74) is 8.26. The first kappa shape index (κ1) is 28.8. The Labute approximate surface area is 294 Å². The molecule has 0 bridgehead atoms. The van der Waals surface area contributed by atoms with Gasteiger partial charge in [0.25, 0.3) is 0 Å². The van der Waals surface area contributed by atoms with E-state index in [1.807, 2.05) is 11.3 Å². The third kappa shape index (κ3) is 4.61. The lowest BCUT2D eigenvalue weighted by molar-refractivity contribution is 1.30. The van der Waals surface area contributed by atoms with Crippen LogP contribution in [0.3, 0.4) is 0 Å². The molecule has 0 aliphatic rings. The minimum atomic E-state index is 1.12. The van der Waals surface area contributed by atoms with Gasteiger partial charge in [0.05, 0.1) is 11.4 Å². The largest absolute Gasteiger partial charge is 0.309 e. The highest BCUT2D eigenvalue weighted by Gasteiger charge is 2.24. The first-order chi connectivity index (χ1) is 24.8. The van der Waals surface area contributed by atoms with Crippen molar-refractivity contribution in [1.29, 1.82) is 0 Å². The van der Waals surface area contributed by atoms with E-state index in [0.717, 1.165) is 17.1 Å². The van der Waals surface area contributed by atoms with Crippen LogP contribution in [-0.4, -0.2) is 0 Å². The molecule has 0 aliphatic carbocycles. The molecule has 10 rings (SSSR count). The molecule has 1 aromatic heterocycles. The van der Waals surface area contributed by atoms with Gasteiger partial charge in [-0.1, -0.05) is 140 Å². The molecule has 0 aliphatic heterocycles. The normalized spacial score (nSPS) is 11.6. The van der Waals surface area contributed by atoms with Crippen molar-refractivity contribution in [2.24, 2.45) is 0 Å². The SMILES string of the molecule is c1ccc(N(c2cccc(-c3ccc4sc5ccccc5c4c3)c2-c2cc3ccccc3c3ccccc23)c2cccc3ccccc23)cc1. The van der Waals surface area contributed by atoms with E-state index in [1.165, 1.54) is 74.7 Å². The van der Waals surface area contributed by atoms with E-state index in [-0.39, 0.29) is 0 Å². The number of rotatable bonds is 5. The van der Waals surface area contributed by atoms with E-state index in [2.05, 4.69) is 193 Å². The van der Waals surface area contributed by atoms with Crippen molar-refractivity contribution in [3.63, 3.8) is 0 Å². The lowest BCUT2D eigenvalue weighted by atomic mass is 9.87. The number of fused-ring (bicyclic) bond motifs is 7. The minimum absolute atomic E-state index is 1.12. The van der Waals surface area contributed by atoms with Gasteiger partial charge < -0.3 is 4.90 Å². The second-order valence-corrected chi connectivity index (χ2v) is 14.0. The van der Waals surface area contributed by atoms with E-state index in [4.69, 9.17) is 0 Å². The Morgan fingerprint density at radius 1 is 0.340 bits per heavy atom. The molecule has 9 aromatic carbocycles. The number of hydrogen-bond acceptors (Lipinski definition) is 2. The molecule has 0 N–H and O–H groups in total. The van der Waals surface area contributed by atoms with Gasteiger partial charge in [0, 0.05) is 36.8 Å². The van der Waals surface area contributed by atoms with Gasteiger partial charge in [-0.25, -0.2) is 0 Å². The van der Waals surface area contributed by atoms with Gasteiger partial charge in [-0.2, -0.15) is 0 Å². The first-order valence-electron chi connectivity index (χ1n) is 17.1. The molecule has 0 saturated heterocycles. The summed E-state index contributed by atoms with van der Waals surface area (Å²) in [7, 11) is 0. The number of benzene rings is 9. The van der Waals surface area contributed by atoms with Crippen LogP contribution in [0.4, 0.5) is 17.1 Å². The quantitative estimate of drug-likeness (QED) is 0.167. The lowest BCUT2D eigenvalue weighted by Gasteiger charge is -2.30. The van der Waals surface area contributed by atoms with Gasteiger partial charge in [-0.3, -0.25) is 0 Å². The van der Waals surface area contributed by atoms with Crippen LogP contribution in [0.25, 0.3) is 74.7 Å². The number of thiophene rings is 1. The Morgan fingerprint density at radius 3 is 1.82 bits per heavy atom. The monoisotopic (exact) mass is 653 g/mol. The number of hydrogen-bond donors (Lipinski definition) is 0. The molecule has 0 fully saturated rings. The van der Waals surface area contributed by atoms with Crippen LogP contribution < -0.4 is 4.90 Å². The van der Waals surface area contributed by atoms with Gasteiger partial charge in [0.15, 0.2) is 0 Å². The van der Waals surface area contributed by atoms with Crippen LogP contribution in [0.2, 0.25) is 0 Å². The van der Waals surface area contributed by atoms with E-state index in [0.29, 0.717) is 0 Å². The fraction of sp³-hybridized carbons (Fsp3) is 0. The summed E-state index contributed by atoms with van der Waals surface area (Å²) in [6.07, 6.45) is 0. The zero-order chi connectivity index (χ0) is 33.0. The minimum Gasteiger partial charge on any atom is -0.309 e. The Morgan fingerprint density at radius 2 is 0.960 bits per heavy atom. The molecule has 0 amide bonds. The molecule has 0 spiro atoms. The Hall–Kier alpha value is -6.22. The smallest absolute Gasteiger partial charge is 0.0546 e. The van der Waals surface area contributed by atoms with Crippen molar-refractivity contribution in [3.05, 3.63) is 188 Å². The summed E-state index contributed by atoms with van der Waals surface area (Å²) in [5.74, 6) is 0. The highest BCUT2D eigenvalue weighted by molar-refractivity contribution is 7.25. The second-order valence-electron chi connectivity index (χ2n) is 12.9. The predicted octanol–water partition coefficient (Wildman–Crippen LogP) is 14.3. The maximum Gasteiger partial charge on any atom is 0.0546 e. The summed E-state index contributed by atoms with van der Waals surface area (Å²) in [6.45, 7) is 0. The summed E-state index contributed by atoms with van der Waals surface area (Å²) < 4.78 is 2.63. The zero-order valence-electron chi connectivity index (χ0n) is 27.3. The third-order valence-electron chi connectivity index (χ3n) is 10.0.